The Balaban J connectivity index is 1.63. The molecule has 1 saturated heterocycles. The molecule has 0 radical (unpaired) electrons. The van der Waals surface area contributed by atoms with Gasteiger partial charge in [0.05, 0.1) is 6.04 Å². The summed E-state index contributed by atoms with van der Waals surface area (Å²) in [5.41, 5.74) is 0.764. The molecule has 0 saturated carbocycles. The fourth-order valence-electron chi connectivity index (χ4n) is 2.80. The first kappa shape index (κ1) is 16.0. The molecule has 0 aliphatic carbocycles. The highest BCUT2D eigenvalue weighted by Gasteiger charge is 2.31. The number of carbonyl (C=O) groups excluding carboxylic acids is 2. The number of nitrogens with one attached hydrogen (secondary N) is 1. The van der Waals surface area contributed by atoms with Crippen molar-refractivity contribution in [3.63, 3.8) is 0 Å². The van der Waals surface area contributed by atoms with Gasteiger partial charge in [0, 0.05) is 31.6 Å². The van der Waals surface area contributed by atoms with Gasteiger partial charge in [-0.15, -0.1) is 0 Å². The molecule has 2 amide bonds. The Kier molecular flexibility index (Phi) is 4.46. The summed E-state index contributed by atoms with van der Waals surface area (Å²) >= 11 is 0. The summed E-state index contributed by atoms with van der Waals surface area (Å²) < 4.78 is 5.27. The molecule has 2 aromatic rings. The second-order valence-electron chi connectivity index (χ2n) is 5.90. The van der Waals surface area contributed by atoms with Crippen LogP contribution in [0.2, 0.25) is 0 Å². The molecule has 24 heavy (non-hydrogen) atoms. The minimum absolute atomic E-state index is 0.00477. The highest BCUT2D eigenvalue weighted by molar-refractivity contribution is 5.92. The third-order valence-electron chi connectivity index (χ3n) is 3.88. The Bertz CT molecular complexity index is 813. The molecule has 3 rings (SSSR count). The molecule has 1 aliphatic rings. The molecule has 6 heteroatoms. The van der Waals surface area contributed by atoms with Crippen LogP contribution < -0.4 is 10.7 Å². The molecule has 124 valence electrons. The maximum atomic E-state index is 12.2. The second-order valence-corrected chi connectivity index (χ2v) is 5.90. The lowest BCUT2D eigenvalue weighted by molar-refractivity contribution is -0.128. The van der Waals surface area contributed by atoms with Crippen LogP contribution in [0.25, 0.3) is 0 Å². The highest BCUT2D eigenvalue weighted by Crippen LogP contribution is 2.15. The van der Waals surface area contributed by atoms with E-state index in [9.17, 15) is 14.4 Å². The summed E-state index contributed by atoms with van der Waals surface area (Å²) in [6, 6.07) is 11.9. The van der Waals surface area contributed by atoms with E-state index in [2.05, 4.69) is 5.32 Å². The SMILES string of the molecule is Cc1cc(=O)cc(C(=O)N[C@@H]2CC(=O)N(Cc3ccccc3)C2)o1. The molecule has 0 bridgehead atoms. The molecule has 1 aromatic heterocycles. The molecular weight excluding hydrogens is 308 g/mol. The average molecular weight is 326 g/mol. The predicted octanol–water partition coefficient (Wildman–Crippen LogP) is 1.48. The number of amides is 2. The van der Waals surface area contributed by atoms with Gasteiger partial charge in [-0.2, -0.15) is 0 Å². The van der Waals surface area contributed by atoms with Crippen molar-refractivity contribution in [2.24, 2.45) is 0 Å². The van der Waals surface area contributed by atoms with Gasteiger partial charge in [0.1, 0.15) is 5.76 Å². The lowest BCUT2D eigenvalue weighted by Gasteiger charge is -2.17. The normalized spacial score (nSPS) is 17.1. The number of hydrogen-bond donors (Lipinski definition) is 1. The molecule has 1 atom stereocenters. The smallest absolute Gasteiger partial charge is 0.287 e. The van der Waals surface area contributed by atoms with Crippen molar-refractivity contribution < 1.29 is 14.0 Å². The number of rotatable bonds is 4. The van der Waals surface area contributed by atoms with Crippen molar-refractivity contribution >= 4 is 11.8 Å². The molecule has 0 unspecified atom stereocenters. The lowest BCUT2D eigenvalue weighted by Crippen LogP contribution is -2.37. The van der Waals surface area contributed by atoms with Gasteiger partial charge in [0.25, 0.3) is 5.91 Å². The van der Waals surface area contributed by atoms with Crippen LogP contribution in [-0.2, 0) is 11.3 Å². The first-order valence-corrected chi connectivity index (χ1v) is 7.75. The number of aryl methyl sites for hydroxylation is 1. The van der Waals surface area contributed by atoms with E-state index in [-0.39, 0.29) is 29.6 Å². The first-order chi connectivity index (χ1) is 11.5. The Labute approximate surface area is 139 Å². The fourth-order valence-corrected chi connectivity index (χ4v) is 2.80. The maximum absolute atomic E-state index is 12.2. The quantitative estimate of drug-likeness (QED) is 0.923. The number of carbonyl (C=O) groups is 2. The van der Waals surface area contributed by atoms with Crippen molar-refractivity contribution in [3.05, 3.63) is 69.8 Å². The van der Waals surface area contributed by atoms with E-state index in [0.717, 1.165) is 11.6 Å². The number of hydrogen-bond acceptors (Lipinski definition) is 4. The van der Waals surface area contributed by atoms with E-state index in [1.54, 1.807) is 11.8 Å². The first-order valence-electron chi connectivity index (χ1n) is 7.75. The average Bonchev–Trinajstić information content (AvgIpc) is 2.87. The summed E-state index contributed by atoms with van der Waals surface area (Å²) in [4.78, 5) is 37.5. The van der Waals surface area contributed by atoms with Gasteiger partial charge in [0.15, 0.2) is 11.2 Å². The standard InChI is InChI=1S/C18H18N2O4/c1-12-7-15(21)9-16(24-12)18(23)19-14-8-17(22)20(11-14)10-13-5-3-2-4-6-13/h2-7,9,14H,8,10-11H2,1H3,(H,19,23)/t14-/m1/s1. The third kappa shape index (κ3) is 3.71. The number of benzene rings is 1. The topological polar surface area (TPSA) is 79.6 Å². The van der Waals surface area contributed by atoms with E-state index >= 15 is 0 Å². The minimum atomic E-state index is -0.477. The van der Waals surface area contributed by atoms with Crippen LogP contribution in [0.5, 0.6) is 0 Å². The molecular formula is C18H18N2O4. The van der Waals surface area contributed by atoms with Crippen LogP contribution in [0.3, 0.4) is 0 Å². The molecule has 0 spiro atoms. The Morgan fingerprint density at radius 2 is 2.00 bits per heavy atom. The van der Waals surface area contributed by atoms with Crippen LogP contribution >= 0.6 is 0 Å². The predicted molar refractivity (Wildman–Crippen MR) is 87.4 cm³/mol. The second kappa shape index (κ2) is 6.70. The van der Waals surface area contributed by atoms with Crippen molar-refractivity contribution in [3.8, 4) is 0 Å². The summed E-state index contributed by atoms with van der Waals surface area (Å²) in [6.07, 6.45) is 0.245. The minimum Gasteiger partial charge on any atom is -0.456 e. The molecule has 1 aromatic carbocycles. The van der Waals surface area contributed by atoms with E-state index in [4.69, 9.17) is 4.42 Å². The fraction of sp³-hybridized carbons (Fsp3) is 0.278. The third-order valence-corrected chi connectivity index (χ3v) is 3.88. The van der Waals surface area contributed by atoms with Gasteiger partial charge >= 0.3 is 0 Å². The van der Waals surface area contributed by atoms with Crippen LogP contribution in [-0.4, -0.2) is 29.3 Å². The summed E-state index contributed by atoms with van der Waals surface area (Å²) in [6.45, 7) is 2.57. The van der Waals surface area contributed by atoms with E-state index in [1.165, 1.54) is 6.07 Å². The molecule has 1 N–H and O–H groups in total. The van der Waals surface area contributed by atoms with Crippen molar-refractivity contribution in [1.29, 1.82) is 0 Å². The van der Waals surface area contributed by atoms with Crippen LogP contribution in [0.15, 0.2) is 51.7 Å². The van der Waals surface area contributed by atoms with Crippen LogP contribution in [0.1, 0.15) is 28.3 Å². The summed E-state index contributed by atoms with van der Waals surface area (Å²) in [5.74, 6) is -0.139. The maximum Gasteiger partial charge on any atom is 0.287 e. The van der Waals surface area contributed by atoms with Gasteiger partial charge in [-0.1, -0.05) is 30.3 Å². The van der Waals surface area contributed by atoms with Crippen molar-refractivity contribution in [2.45, 2.75) is 25.9 Å². The largest absolute Gasteiger partial charge is 0.456 e. The Morgan fingerprint density at radius 3 is 2.71 bits per heavy atom. The summed E-state index contributed by atoms with van der Waals surface area (Å²) in [5, 5.41) is 2.76. The monoisotopic (exact) mass is 326 g/mol. The Hall–Kier alpha value is -2.89. The van der Waals surface area contributed by atoms with E-state index in [0.29, 0.717) is 18.8 Å². The van der Waals surface area contributed by atoms with E-state index < -0.39 is 5.91 Å². The van der Waals surface area contributed by atoms with Crippen LogP contribution in [0, 0.1) is 6.92 Å². The van der Waals surface area contributed by atoms with Crippen molar-refractivity contribution in [2.75, 3.05) is 6.54 Å². The van der Waals surface area contributed by atoms with Gasteiger partial charge in [0.2, 0.25) is 5.91 Å². The molecule has 1 aliphatic heterocycles. The van der Waals surface area contributed by atoms with E-state index in [1.807, 2.05) is 30.3 Å². The molecule has 6 nitrogen and oxygen atoms in total. The van der Waals surface area contributed by atoms with Crippen LogP contribution in [0.4, 0.5) is 0 Å². The van der Waals surface area contributed by atoms with Gasteiger partial charge in [-0.3, -0.25) is 14.4 Å². The number of likely N-dealkylation sites (tertiary alicyclic amines) is 1. The van der Waals surface area contributed by atoms with Gasteiger partial charge < -0.3 is 14.6 Å². The lowest BCUT2D eigenvalue weighted by atomic mass is 10.2. The zero-order valence-electron chi connectivity index (χ0n) is 13.3. The van der Waals surface area contributed by atoms with Crippen molar-refractivity contribution in [1.82, 2.24) is 10.2 Å². The van der Waals surface area contributed by atoms with Gasteiger partial charge in [-0.05, 0) is 12.5 Å². The van der Waals surface area contributed by atoms with Gasteiger partial charge in [-0.25, -0.2) is 0 Å². The molecule has 1 fully saturated rings. The Morgan fingerprint density at radius 1 is 1.25 bits per heavy atom. The summed E-state index contributed by atoms with van der Waals surface area (Å²) in [7, 11) is 0. The molecule has 2 heterocycles. The number of nitrogens with zero attached hydrogens (tertiary/aromatic N) is 1. The zero-order chi connectivity index (χ0) is 17.1. The zero-order valence-corrected chi connectivity index (χ0v) is 13.3. The highest BCUT2D eigenvalue weighted by atomic mass is 16.3.